The minimum absolute atomic E-state index is 0.821. The van der Waals surface area contributed by atoms with E-state index in [2.05, 4.69) is 18.7 Å². The summed E-state index contributed by atoms with van der Waals surface area (Å²) in [7, 11) is 0. The van der Waals surface area contributed by atoms with E-state index < -0.39 is 0 Å². The minimum atomic E-state index is 0.821. The number of hydrogen-bond acceptors (Lipinski definition) is 1. The van der Waals surface area contributed by atoms with Gasteiger partial charge < -0.3 is 4.90 Å². The summed E-state index contributed by atoms with van der Waals surface area (Å²) in [6.07, 6.45) is 19.3. The molecule has 0 atom stereocenters. The Hall–Kier alpha value is 0.250. The van der Waals surface area contributed by atoms with Gasteiger partial charge in [0.25, 0.3) is 0 Å². The van der Waals surface area contributed by atoms with Crippen molar-refractivity contribution >= 4 is 11.6 Å². The highest BCUT2D eigenvalue weighted by atomic mass is 35.5. The third kappa shape index (κ3) is 16.6. The molecule has 0 aliphatic heterocycles. The van der Waals surface area contributed by atoms with Crippen molar-refractivity contribution in [3.63, 3.8) is 0 Å². The molecule has 0 rings (SSSR count). The standard InChI is InChI=1S/C20H42ClN/c1-3-5-7-9-11-14-18-22(20-16-13-17-21)19-15-12-10-8-6-4-2/h3-20H2,1-2H3. The Balaban J connectivity index is 3.65. The molecule has 1 nitrogen and oxygen atoms in total. The van der Waals surface area contributed by atoms with Gasteiger partial charge in [-0.3, -0.25) is 0 Å². The second kappa shape index (κ2) is 19.3. The van der Waals surface area contributed by atoms with Crippen LogP contribution in [0.3, 0.4) is 0 Å². The molecule has 0 aromatic heterocycles. The largest absolute Gasteiger partial charge is 0.303 e. The Morgan fingerprint density at radius 1 is 0.500 bits per heavy atom. The number of nitrogens with zero attached hydrogens (tertiary/aromatic N) is 1. The molecule has 0 bridgehead atoms. The quantitative estimate of drug-likeness (QED) is 0.192. The van der Waals surface area contributed by atoms with Crippen LogP contribution < -0.4 is 0 Å². The van der Waals surface area contributed by atoms with Gasteiger partial charge in [0.05, 0.1) is 0 Å². The lowest BCUT2D eigenvalue weighted by Gasteiger charge is -2.22. The first-order valence-electron chi connectivity index (χ1n) is 10.1. The van der Waals surface area contributed by atoms with Crippen LogP contribution in [-0.2, 0) is 0 Å². The molecule has 134 valence electrons. The van der Waals surface area contributed by atoms with Gasteiger partial charge in [-0.25, -0.2) is 0 Å². The molecule has 0 aromatic rings. The zero-order valence-electron chi connectivity index (χ0n) is 15.6. The number of hydrogen-bond donors (Lipinski definition) is 0. The van der Waals surface area contributed by atoms with Crippen LogP contribution in [0.5, 0.6) is 0 Å². The van der Waals surface area contributed by atoms with E-state index in [1.54, 1.807) is 0 Å². The molecule has 0 aliphatic rings. The molecule has 0 aromatic carbocycles. The summed E-state index contributed by atoms with van der Waals surface area (Å²) in [4.78, 5) is 2.70. The second-order valence-corrected chi connectivity index (χ2v) is 7.15. The number of halogens is 1. The van der Waals surface area contributed by atoms with E-state index in [-0.39, 0.29) is 0 Å². The van der Waals surface area contributed by atoms with Crippen LogP contribution in [-0.4, -0.2) is 30.4 Å². The molecule has 0 fully saturated rings. The Kier molecular flexibility index (Phi) is 19.5. The van der Waals surface area contributed by atoms with E-state index in [0.29, 0.717) is 0 Å². The van der Waals surface area contributed by atoms with Gasteiger partial charge in [-0.2, -0.15) is 0 Å². The van der Waals surface area contributed by atoms with Gasteiger partial charge in [0.15, 0.2) is 0 Å². The van der Waals surface area contributed by atoms with Gasteiger partial charge in [0, 0.05) is 5.88 Å². The van der Waals surface area contributed by atoms with E-state index in [1.807, 2.05) is 0 Å². The predicted octanol–water partition coefficient (Wildman–Crippen LogP) is 7.03. The third-order valence-electron chi connectivity index (χ3n) is 4.51. The molecular formula is C20H42ClN. The molecule has 0 unspecified atom stereocenters. The van der Waals surface area contributed by atoms with Crippen LogP contribution in [0.2, 0.25) is 0 Å². The summed E-state index contributed by atoms with van der Waals surface area (Å²) in [5.41, 5.74) is 0. The smallest absolute Gasteiger partial charge is 0.0223 e. The molecule has 22 heavy (non-hydrogen) atoms. The molecule has 0 saturated carbocycles. The van der Waals surface area contributed by atoms with E-state index >= 15 is 0 Å². The van der Waals surface area contributed by atoms with Crippen molar-refractivity contribution in [2.24, 2.45) is 0 Å². The third-order valence-corrected chi connectivity index (χ3v) is 4.78. The Labute approximate surface area is 146 Å². The number of alkyl halides is 1. The highest BCUT2D eigenvalue weighted by molar-refractivity contribution is 6.17. The second-order valence-electron chi connectivity index (χ2n) is 6.77. The summed E-state index contributed by atoms with van der Waals surface area (Å²) in [6, 6.07) is 0. The maximum atomic E-state index is 5.82. The summed E-state index contributed by atoms with van der Waals surface area (Å²) < 4.78 is 0. The van der Waals surface area contributed by atoms with Gasteiger partial charge in [-0.05, 0) is 45.3 Å². The Morgan fingerprint density at radius 3 is 1.27 bits per heavy atom. The molecule has 0 radical (unpaired) electrons. The maximum absolute atomic E-state index is 5.82. The first kappa shape index (κ1) is 22.2. The normalized spacial score (nSPS) is 11.5. The minimum Gasteiger partial charge on any atom is -0.303 e. The summed E-state index contributed by atoms with van der Waals surface area (Å²) in [5, 5.41) is 0. The summed E-state index contributed by atoms with van der Waals surface area (Å²) in [5.74, 6) is 0.821. The van der Waals surface area contributed by atoms with E-state index in [4.69, 9.17) is 11.6 Å². The number of rotatable bonds is 18. The highest BCUT2D eigenvalue weighted by Crippen LogP contribution is 2.09. The lowest BCUT2D eigenvalue weighted by atomic mass is 10.1. The maximum Gasteiger partial charge on any atom is 0.0223 e. The predicted molar refractivity (Wildman–Crippen MR) is 103 cm³/mol. The van der Waals surface area contributed by atoms with E-state index in [9.17, 15) is 0 Å². The molecule has 0 saturated heterocycles. The number of unbranched alkanes of at least 4 members (excludes halogenated alkanes) is 11. The first-order valence-corrected chi connectivity index (χ1v) is 10.7. The van der Waals surface area contributed by atoms with Gasteiger partial charge in [-0.15, -0.1) is 11.6 Å². The topological polar surface area (TPSA) is 3.24 Å². The lowest BCUT2D eigenvalue weighted by Crippen LogP contribution is -2.27. The summed E-state index contributed by atoms with van der Waals surface area (Å²) in [6.45, 7) is 8.46. The average Bonchev–Trinajstić information content (AvgIpc) is 2.53. The average molecular weight is 332 g/mol. The van der Waals surface area contributed by atoms with Crippen molar-refractivity contribution < 1.29 is 0 Å². The van der Waals surface area contributed by atoms with Crippen LogP contribution in [0.1, 0.15) is 104 Å². The monoisotopic (exact) mass is 331 g/mol. The van der Waals surface area contributed by atoms with Gasteiger partial charge in [0.1, 0.15) is 0 Å². The molecule has 0 heterocycles. The van der Waals surface area contributed by atoms with Crippen LogP contribution in [0.25, 0.3) is 0 Å². The molecule has 0 amide bonds. The van der Waals surface area contributed by atoms with Crippen molar-refractivity contribution in [3.8, 4) is 0 Å². The fourth-order valence-corrected chi connectivity index (χ4v) is 3.19. The van der Waals surface area contributed by atoms with E-state index in [0.717, 1.165) is 5.88 Å². The molecule has 0 spiro atoms. The van der Waals surface area contributed by atoms with Crippen molar-refractivity contribution in [3.05, 3.63) is 0 Å². The molecular weight excluding hydrogens is 290 g/mol. The SMILES string of the molecule is CCCCCCCCN(CCCCCl)CCCCCCCC. The van der Waals surface area contributed by atoms with Gasteiger partial charge in [-0.1, -0.05) is 78.1 Å². The van der Waals surface area contributed by atoms with Gasteiger partial charge >= 0.3 is 0 Å². The van der Waals surface area contributed by atoms with Crippen molar-refractivity contribution in [2.75, 3.05) is 25.5 Å². The van der Waals surface area contributed by atoms with Crippen LogP contribution in [0.4, 0.5) is 0 Å². The van der Waals surface area contributed by atoms with E-state index in [1.165, 1.54) is 110 Å². The fourth-order valence-electron chi connectivity index (χ4n) is 3.00. The zero-order valence-corrected chi connectivity index (χ0v) is 16.3. The van der Waals surface area contributed by atoms with Crippen LogP contribution in [0, 0.1) is 0 Å². The Morgan fingerprint density at radius 2 is 0.864 bits per heavy atom. The van der Waals surface area contributed by atoms with Crippen molar-refractivity contribution in [1.82, 2.24) is 4.90 Å². The van der Waals surface area contributed by atoms with Crippen LogP contribution in [0.15, 0.2) is 0 Å². The van der Waals surface area contributed by atoms with Crippen LogP contribution >= 0.6 is 11.6 Å². The molecule has 2 heteroatoms. The first-order chi connectivity index (χ1) is 10.8. The van der Waals surface area contributed by atoms with Gasteiger partial charge in [0.2, 0.25) is 0 Å². The molecule has 0 aliphatic carbocycles. The highest BCUT2D eigenvalue weighted by Gasteiger charge is 2.04. The summed E-state index contributed by atoms with van der Waals surface area (Å²) >= 11 is 5.82. The Bertz CT molecular complexity index is 180. The molecule has 0 N–H and O–H groups in total. The zero-order chi connectivity index (χ0) is 16.3. The fraction of sp³-hybridized carbons (Fsp3) is 1.00. The van der Waals surface area contributed by atoms with Crippen molar-refractivity contribution in [1.29, 1.82) is 0 Å². The van der Waals surface area contributed by atoms with Crippen molar-refractivity contribution in [2.45, 2.75) is 104 Å². The lowest BCUT2D eigenvalue weighted by molar-refractivity contribution is 0.256.